The number of hydrogen-bond donors (Lipinski definition) is 2. The lowest BCUT2D eigenvalue weighted by atomic mass is 10.1. The summed E-state index contributed by atoms with van der Waals surface area (Å²) in [5.41, 5.74) is 0.490. The molecule has 0 aromatic heterocycles. The third-order valence-corrected chi connectivity index (χ3v) is 5.67. The second kappa shape index (κ2) is 7.18. The first-order valence-corrected chi connectivity index (χ1v) is 9.40. The molecule has 9 heteroatoms. The highest BCUT2D eigenvalue weighted by Gasteiger charge is 2.22. The van der Waals surface area contributed by atoms with Gasteiger partial charge in [-0.1, -0.05) is 29.8 Å². The van der Waals surface area contributed by atoms with Gasteiger partial charge in [0.2, 0.25) is 10.0 Å². The maximum absolute atomic E-state index is 13.7. The molecule has 128 valence electrons. The van der Waals surface area contributed by atoms with Crippen LogP contribution >= 0.6 is 27.5 Å². The fourth-order valence-corrected chi connectivity index (χ4v) is 4.14. The predicted octanol–water partition coefficient (Wildman–Crippen LogP) is 3.38. The average molecular weight is 436 g/mol. The monoisotopic (exact) mass is 434 g/mol. The van der Waals surface area contributed by atoms with Crippen molar-refractivity contribution in [1.29, 1.82) is 0 Å². The Hall–Kier alpha value is -1.48. The number of carbonyl (C=O) groups is 1. The van der Waals surface area contributed by atoms with E-state index < -0.39 is 32.7 Å². The molecule has 0 saturated carbocycles. The number of nitrogens with one attached hydrogen (secondary N) is 1. The molecule has 0 saturated heterocycles. The van der Waals surface area contributed by atoms with Crippen LogP contribution in [0.25, 0.3) is 0 Å². The van der Waals surface area contributed by atoms with Gasteiger partial charge in [0.05, 0.1) is 21.0 Å². The summed E-state index contributed by atoms with van der Waals surface area (Å²) in [4.78, 5) is 11.9. The Balaban J connectivity index is 2.37. The van der Waals surface area contributed by atoms with Crippen molar-refractivity contribution in [1.82, 2.24) is 5.32 Å². The second-order valence-electron chi connectivity index (χ2n) is 5.03. The SMILES string of the molecule is C[C@H](NC(=O)c1cc(F)cc(S(N)(=O)=O)c1Br)c1ccccc1Cl. The second-order valence-corrected chi connectivity index (χ2v) is 7.76. The van der Waals surface area contributed by atoms with Crippen molar-refractivity contribution in [2.75, 3.05) is 0 Å². The molecular weight excluding hydrogens is 423 g/mol. The van der Waals surface area contributed by atoms with Crippen LogP contribution in [-0.4, -0.2) is 14.3 Å². The summed E-state index contributed by atoms with van der Waals surface area (Å²) in [6.07, 6.45) is 0. The summed E-state index contributed by atoms with van der Waals surface area (Å²) in [7, 11) is -4.19. The zero-order valence-corrected chi connectivity index (χ0v) is 15.5. The minimum Gasteiger partial charge on any atom is -0.345 e. The third-order valence-electron chi connectivity index (χ3n) is 3.27. The molecule has 2 aromatic carbocycles. The number of hydrogen-bond acceptors (Lipinski definition) is 3. The Bertz CT molecular complexity index is 906. The molecule has 0 aliphatic heterocycles. The first-order chi connectivity index (χ1) is 11.1. The van der Waals surface area contributed by atoms with Crippen LogP contribution in [0.4, 0.5) is 4.39 Å². The number of halogens is 3. The fraction of sp³-hybridized carbons (Fsp3) is 0.133. The normalized spacial score (nSPS) is 12.7. The van der Waals surface area contributed by atoms with Crippen molar-refractivity contribution >= 4 is 43.5 Å². The molecule has 0 radical (unpaired) electrons. The van der Waals surface area contributed by atoms with Gasteiger partial charge in [-0.15, -0.1) is 0 Å². The van der Waals surface area contributed by atoms with Crippen molar-refractivity contribution in [2.24, 2.45) is 5.14 Å². The number of nitrogens with two attached hydrogens (primary N) is 1. The van der Waals surface area contributed by atoms with Gasteiger partial charge >= 0.3 is 0 Å². The Morgan fingerprint density at radius 2 is 1.96 bits per heavy atom. The van der Waals surface area contributed by atoms with Gasteiger partial charge in [0, 0.05) is 5.02 Å². The van der Waals surface area contributed by atoms with Gasteiger partial charge in [0.15, 0.2) is 0 Å². The largest absolute Gasteiger partial charge is 0.345 e. The molecule has 2 aromatic rings. The van der Waals surface area contributed by atoms with E-state index in [1.165, 1.54) is 0 Å². The number of rotatable bonds is 4. The van der Waals surface area contributed by atoms with E-state index in [4.69, 9.17) is 16.7 Å². The van der Waals surface area contributed by atoms with Crippen LogP contribution in [0.15, 0.2) is 45.8 Å². The average Bonchev–Trinajstić information content (AvgIpc) is 2.48. The summed E-state index contributed by atoms with van der Waals surface area (Å²) >= 11 is 9.07. The minimum absolute atomic E-state index is 0.102. The zero-order chi connectivity index (χ0) is 18.1. The van der Waals surface area contributed by atoms with Gasteiger partial charge in [-0.2, -0.15) is 0 Å². The van der Waals surface area contributed by atoms with Gasteiger partial charge in [-0.3, -0.25) is 4.79 Å². The van der Waals surface area contributed by atoms with E-state index in [0.717, 1.165) is 12.1 Å². The van der Waals surface area contributed by atoms with Gasteiger partial charge in [0.25, 0.3) is 5.91 Å². The lowest BCUT2D eigenvalue weighted by Gasteiger charge is -2.17. The van der Waals surface area contributed by atoms with Crippen molar-refractivity contribution in [2.45, 2.75) is 17.9 Å². The van der Waals surface area contributed by atoms with Crippen LogP contribution in [0.5, 0.6) is 0 Å². The number of carbonyl (C=O) groups excluding carboxylic acids is 1. The van der Waals surface area contributed by atoms with Crippen LogP contribution in [0.1, 0.15) is 28.9 Å². The first-order valence-electron chi connectivity index (χ1n) is 6.68. The maximum Gasteiger partial charge on any atom is 0.253 e. The summed E-state index contributed by atoms with van der Waals surface area (Å²) in [6.45, 7) is 1.70. The molecule has 0 aliphatic rings. The van der Waals surface area contributed by atoms with E-state index in [2.05, 4.69) is 21.2 Å². The maximum atomic E-state index is 13.7. The van der Waals surface area contributed by atoms with Crippen molar-refractivity contribution in [3.8, 4) is 0 Å². The van der Waals surface area contributed by atoms with Crippen molar-refractivity contribution in [3.05, 3.63) is 62.8 Å². The Kier molecular flexibility index (Phi) is 5.64. The van der Waals surface area contributed by atoms with E-state index >= 15 is 0 Å². The fourth-order valence-electron chi connectivity index (χ4n) is 2.11. The molecule has 0 spiro atoms. The highest BCUT2D eigenvalue weighted by Crippen LogP contribution is 2.28. The first kappa shape index (κ1) is 18.9. The molecule has 0 unspecified atom stereocenters. The lowest BCUT2D eigenvalue weighted by Crippen LogP contribution is -2.28. The highest BCUT2D eigenvalue weighted by molar-refractivity contribution is 9.10. The van der Waals surface area contributed by atoms with Crippen LogP contribution in [-0.2, 0) is 10.0 Å². The van der Waals surface area contributed by atoms with Crippen LogP contribution in [0, 0.1) is 5.82 Å². The molecular formula is C15H13BrClFN2O3S. The molecule has 2 rings (SSSR count). The van der Waals surface area contributed by atoms with E-state index in [0.29, 0.717) is 10.6 Å². The van der Waals surface area contributed by atoms with E-state index in [9.17, 15) is 17.6 Å². The van der Waals surface area contributed by atoms with Gasteiger partial charge < -0.3 is 5.32 Å². The highest BCUT2D eigenvalue weighted by atomic mass is 79.9. The molecule has 5 nitrogen and oxygen atoms in total. The summed E-state index contributed by atoms with van der Waals surface area (Å²) in [5.74, 6) is -1.56. The molecule has 0 heterocycles. The Morgan fingerprint density at radius 3 is 2.54 bits per heavy atom. The molecule has 0 fully saturated rings. The third kappa shape index (κ3) is 4.13. The van der Waals surface area contributed by atoms with Crippen LogP contribution < -0.4 is 10.5 Å². The van der Waals surface area contributed by atoms with Crippen LogP contribution in [0.3, 0.4) is 0 Å². The summed E-state index contributed by atoms with van der Waals surface area (Å²) in [5, 5.41) is 8.14. The quantitative estimate of drug-likeness (QED) is 0.771. The molecule has 0 aliphatic carbocycles. The smallest absolute Gasteiger partial charge is 0.253 e. The lowest BCUT2D eigenvalue weighted by molar-refractivity contribution is 0.0938. The molecule has 3 N–H and O–H groups in total. The minimum atomic E-state index is -4.19. The predicted molar refractivity (Wildman–Crippen MR) is 92.8 cm³/mol. The van der Waals surface area contributed by atoms with E-state index in [1.54, 1.807) is 31.2 Å². The van der Waals surface area contributed by atoms with Gasteiger partial charge in [0.1, 0.15) is 5.82 Å². The number of amides is 1. The molecule has 1 atom stereocenters. The Labute approximate surface area is 152 Å². The summed E-state index contributed by atoms with van der Waals surface area (Å²) in [6, 6.07) is 8.13. The van der Waals surface area contributed by atoms with Gasteiger partial charge in [-0.25, -0.2) is 17.9 Å². The molecule has 1 amide bonds. The molecule has 24 heavy (non-hydrogen) atoms. The Morgan fingerprint density at radius 1 is 1.33 bits per heavy atom. The van der Waals surface area contributed by atoms with Crippen molar-refractivity contribution in [3.63, 3.8) is 0 Å². The topological polar surface area (TPSA) is 89.3 Å². The number of sulfonamides is 1. The standard InChI is InChI=1S/C15H13BrClFN2O3S/c1-8(10-4-2-3-5-12(10)17)20-15(21)11-6-9(18)7-13(14(11)16)24(19,22)23/h2-8H,1H3,(H,20,21)(H2,19,22,23)/t8-/m0/s1. The van der Waals surface area contributed by atoms with Crippen molar-refractivity contribution < 1.29 is 17.6 Å². The number of benzene rings is 2. The summed E-state index contributed by atoms with van der Waals surface area (Å²) < 4.78 is 36.6. The zero-order valence-electron chi connectivity index (χ0n) is 12.4. The van der Waals surface area contributed by atoms with Crippen LogP contribution in [0.2, 0.25) is 5.02 Å². The van der Waals surface area contributed by atoms with E-state index in [1.807, 2.05) is 0 Å². The molecule has 0 bridgehead atoms. The van der Waals surface area contributed by atoms with E-state index in [-0.39, 0.29) is 10.0 Å². The van der Waals surface area contributed by atoms with Gasteiger partial charge in [-0.05, 0) is 46.6 Å². The number of primary sulfonamides is 1.